The summed E-state index contributed by atoms with van der Waals surface area (Å²) in [5.74, 6) is 1.42. The van der Waals surface area contributed by atoms with Gasteiger partial charge in [-0.05, 0) is 49.3 Å². The molecule has 4 heterocycles. The second kappa shape index (κ2) is 7.49. The van der Waals surface area contributed by atoms with Crippen molar-refractivity contribution in [3.63, 3.8) is 0 Å². The Hall–Kier alpha value is -2.91. The van der Waals surface area contributed by atoms with Crippen molar-refractivity contribution in [2.45, 2.75) is 19.5 Å². The van der Waals surface area contributed by atoms with E-state index in [1.807, 2.05) is 45.6 Å². The number of carbonyl (C=O) groups is 1. The number of rotatable bonds is 4. The molecule has 3 aromatic rings. The molecule has 0 unspecified atom stereocenters. The fraction of sp³-hybridized carbons (Fsp3) is 0.350. The van der Waals surface area contributed by atoms with E-state index in [-0.39, 0.29) is 18.6 Å². The van der Waals surface area contributed by atoms with Crippen LogP contribution in [0.3, 0.4) is 0 Å². The fourth-order valence-corrected chi connectivity index (χ4v) is 4.06. The molecule has 0 spiro atoms. The van der Waals surface area contributed by atoms with Gasteiger partial charge in [-0.25, -0.2) is 4.68 Å². The van der Waals surface area contributed by atoms with Gasteiger partial charge in [-0.2, -0.15) is 5.10 Å². The molecule has 2 aliphatic heterocycles. The van der Waals surface area contributed by atoms with Crippen LogP contribution in [0.4, 0.5) is 5.69 Å². The molecule has 1 aromatic carbocycles. The van der Waals surface area contributed by atoms with Gasteiger partial charge >= 0.3 is 0 Å². The van der Waals surface area contributed by atoms with Crippen molar-refractivity contribution in [1.29, 1.82) is 0 Å². The van der Waals surface area contributed by atoms with Gasteiger partial charge in [-0.15, -0.1) is 0 Å². The summed E-state index contributed by atoms with van der Waals surface area (Å²) in [6.45, 7) is 2.52. The number of nitrogens with zero attached hydrogens (tertiary/aromatic N) is 4. The highest BCUT2D eigenvalue weighted by Gasteiger charge is 2.26. The summed E-state index contributed by atoms with van der Waals surface area (Å²) in [4.78, 5) is 14.9. The summed E-state index contributed by atoms with van der Waals surface area (Å²) in [5.41, 5.74) is 1.58. The van der Waals surface area contributed by atoms with E-state index in [1.54, 1.807) is 6.07 Å². The number of fused-ring (bicyclic) bond motifs is 2. The van der Waals surface area contributed by atoms with Crippen molar-refractivity contribution in [2.75, 3.05) is 25.2 Å². The third kappa shape index (κ3) is 3.58. The fourth-order valence-electron chi connectivity index (χ4n) is 3.80. The van der Waals surface area contributed by atoms with Gasteiger partial charge in [0.25, 0.3) is 0 Å². The lowest BCUT2D eigenvalue weighted by molar-refractivity contribution is -0.121. The maximum Gasteiger partial charge on any atom is 0.231 e. The Bertz CT molecular complexity index is 1120. The van der Waals surface area contributed by atoms with E-state index in [4.69, 9.17) is 21.7 Å². The molecule has 0 atom stereocenters. The minimum absolute atomic E-state index is 0.00860. The summed E-state index contributed by atoms with van der Waals surface area (Å²) in [7, 11) is 0. The zero-order valence-corrected chi connectivity index (χ0v) is 16.6. The lowest BCUT2D eigenvalue weighted by Crippen LogP contribution is -2.39. The molecule has 1 fully saturated rings. The van der Waals surface area contributed by atoms with Gasteiger partial charge in [-0.1, -0.05) is 6.07 Å². The van der Waals surface area contributed by atoms with E-state index in [9.17, 15) is 4.79 Å². The predicted molar refractivity (Wildman–Crippen MR) is 110 cm³/mol. The summed E-state index contributed by atoms with van der Waals surface area (Å²) in [6.07, 6.45) is 3.53. The first-order chi connectivity index (χ1) is 14.2. The Morgan fingerprint density at radius 2 is 2.00 bits per heavy atom. The molecule has 150 valence electrons. The molecule has 0 bridgehead atoms. The van der Waals surface area contributed by atoms with Gasteiger partial charge in [0.15, 0.2) is 17.1 Å². The SMILES string of the molecule is O=C(Nc1ccc2c(c1)OCO2)C1CCN(Cn2nc3ccccn3c2=S)CC1. The van der Waals surface area contributed by atoms with Crippen molar-refractivity contribution in [3.8, 4) is 11.5 Å². The van der Waals surface area contributed by atoms with Crippen LogP contribution < -0.4 is 14.8 Å². The topological polar surface area (TPSA) is 73.0 Å². The number of pyridine rings is 1. The lowest BCUT2D eigenvalue weighted by atomic mass is 9.96. The van der Waals surface area contributed by atoms with E-state index in [0.29, 0.717) is 22.9 Å². The summed E-state index contributed by atoms with van der Waals surface area (Å²) in [6, 6.07) is 11.3. The molecule has 2 aliphatic rings. The van der Waals surface area contributed by atoms with Crippen molar-refractivity contribution >= 4 is 29.5 Å². The molecule has 29 heavy (non-hydrogen) atoms. The monoisotopic (exact) mass is 411 g/mol. The van der Waals surface area contributed by atoms with Gasteiger partial charge in [0, 0.05) is 37.0 Å². The summed E-state index contributed by atoms with van der Waals surface area (Å²) >= 11 is 5.52. The number of anilines is 1. The summed E-state index contributed by atoms with van der Waals surface area (Å²) < 4.78 is 15.1. The Labute approximate surface area is 172 Å². The number of hydrogen-bond acceptors (Lipinski definition) is 6. The van der Waals surface area contributed by atoms with Crippen LogP contribution in [0.25, 0.3) is 5.65 Å². The molecule has 9 heteroatoms. The van der Waals surface area contributed by atoms with Crippen molar-refractivity contribution in [1.82, 2.24) is 19.1 Å². The second-order valence-electron chi connectivity index (χ2n) is 7.30. The number of aromatic nitrogens is 3. The molecule has 5 rings (SSSR count). The number of carbonyl (C=O) groups excluding carboxylic acids is 1. The van der Waals surface area contributed by atoms with Gasteiger partial charge in [0.2, 0.25) is 17.5 Å². The van der Waals surface area contributed by atoms with E-state index in [2.05, 4.69) is 15.3 Å². The molecule has 2 aromatic heterocycles. The molecule has 0 saturated carbocycles. The number of nitrogens with one attached hydrogen (secondary N) is 1. The first-order valence-corrected chi connectivity index (χ1v) is 10.1. The minimum atomic E-state index is -0.00860. The number of piperidine rings is 1. The number of hydrogen-bond donors (Lipinski definition) is 1. The molecular weight excluding hydrogens is 390 g/mol. The standard InChI is InChI=1S/C20H21N5O3S/c26-19(21-15-4-5-16-17(11-15)28-13-27-16)14-6-9-23(10-7-14)12-25-20(29)24-8-2-1-3-18(24)22-25/h1-5,8,11,14H,6-7,9-10,12-13H2,(H,21,26). The zero-order valence-electron chi connectivity index (χ0n) is 15.8. The van der Waals surface area contributed by atoms with Gasteiger partial charge in [0.1, 0.15) is 0 Å². The highest BCUT2D eigenvalue weighted by atomic mass is 32.1. The third-order valence-electron chi connectivity index (χ3n) is 5.42. The average molecular weight is 411 g/mol. The quantitative estimate of drug-likeness (QED) is 0.666. The highest BCUT2D eigenvalue weighted by molar-refractivity contribution is 7.71. The zero-order chi connectivity index (χ0) is 19.8. The maximum absolute atomic E-state index is 12.7. The first kappa shape index (κ1) is 18.1. The Balaban J connectivity index is 1.18. The van der Waals surface area contributed by atoms with Crippen LogP contribution in [0.1, 0.15) is 12.8 Å². The van der Waals surface area contributed by atoms with Crippen molar-refractivity contribution in [2.24, 2.45) is 5.92 Å². The Morgan fingerprint density at radius 3 is 2.83 bits per heavy atom. The Kier molecular flexibility index (Phi) is 4.69. The van der Waals surface area contributed by atoms with Gasteiger partial charge in [-0.3, -0.25) is 14.1 Å². The molecule has 0 radical (unpaired) electrons. The second-order valence-corrected chi connectivity index (χ2v) is 7.67. The number of ether oxygens (including phenoxy) is 2. The smallest absolute Gasteiger partial charge is 0.231 e. The molecule has 0 aliphatic carbocycles. The van der Waals surface area contributed by atoms with Gasteiger partial charge < -0.3 is 14.8 Å². The average Bonchev–Trinajstić information content (AvgIpc) is 3.33. The lowest BCUT2D eigenvalue weighted by Gasteiger charge is -2.30. The van der Waals surface area contributed by atoms with Crippen LogP contribution in [-0.4, -0.2) is 44.9 Å². The maximum atomic E-state index is 12.7. The normalized spacial score (nSPS) is 17.0. The molecule has 8 nitrogen and oxygen atoms in total. The van der Waals surface area contributed by atoms with E-state index < -0.39 is 0 Å². The van der Waals surface area contributed by atoms with Crippen molar-refractivity contribution in [3.05, 3.63) is 47.4 Å². The molecule has 1 N–H and O–H groups in total. The number of amides is 1. The molecule has 1 saturated heterocycles. The molecule has 1 amide bonds. The van der Waals surface area contributed by atoms with E-state index >= 15 is 0 Å². The number of likely N-dealkylation sites (tertiary alicyclic amines) is 1. The largest absolute Gasteiger partial charge is 0.454 e. The summed E-state index contributed by atoms with van der Waals surface area (Å²) in [5, 5.41) is 7.58. The van der Waals surface area contributed by atoms with Crippen LogP contribution in [0.15, 0.2) is 42.6 Å². The number of benzene rings is 1. The van der Waals surface area contributed by atoms with Gasteiger partial charge in [0.05, 0.1) is 6.67 Å². The first-order valence-electron chi connectivity index (χ1n) is 9.64. The van der Waals surface area contributed by atoms with E-state index in [1.165, 1.54) is 0 Å². The third-order valence-corrected chi connectivity index (χ3v) is 5.83. The predicted octanol–water partition coefficient (Wildman–Crippen LogP) is 2.90. The van der Waals surface area contributed by atoms with Crippen LogP contribution >= 0.6 is 12.2 Å². The van der Waals surface area contributed by atoms with Crippen LogP contribution in [-0.2, 0) is 11.5 Å². The Morgan fingerprint density at radius 1 is 1.17 bits per heavy atom. The van der Waals surface area contributed by atoms with E-state index in [0.717, 1.165) is 37.3 Å². The van der Waals surface area contributed by atoms with Crippen LogP contribution in [0.5, 0.6) is 11.5 Å². The molecular formula is C20H21N5O3S. The minimum Gasteiger partial charge on any atom is -0.454 e. The highest BCUT2D eigenvalue weighted by Crippen LogP contribution is 2.34. The van der Waals surface area contributed by atoms with Crippen LogP contribution in [0, 0.1) is 10.7 Å². The van der Waals surface area contributed by atoms with Crippen molar-refractivity contribution < 1.29 is 14.3 Å². The van der Waals surface area contributed by atoms with Crippen LogP contribution in [0.2, 0.25) is 0 Å².